The Hall–Kier alpha value is -2.52. The molecular formula is C26H48N4O6. The van der Waals surface area contributed by atoms with E-state index in [-0.39, 0.29) is 23.7 Å². The number of carbonyl (C=O) groups is 4. The van der Waals surface area contributed by atoms with Crippen molar-refractivity contribution in [3.8, 4) is 0 Å². The molecule has 10 heteroatoms. The topological polar surface area (TPSA) is 117 Å². The van der Waals surface area contributed by atoms with Crippen LogP contribution in [0.5, 0.6) is 0 Å². The van der Waals surface area contributed by atoms with Crippen LogP contribution < -0.4 is 10.6 Å². The summed E-state index contributed by atoms with van der Waals surface area (Å²) < 4.78 is 10.7. The summed E-state index contributed by atoms with van der Waals surface area (Å²) in [5, 5.41) is 5.48. The fourth-order valence-corrected chi connectivity index (χ4v) is 3.78. The van der Waals surface area contributed by atoms with Gasteiger partial charge in [0.05, 0.1) is 0 Å². The molecule has 36 heavy (non-hydrogen) atoms. The Morgan fingerprint density at radius 3 is 1.17 bits per heavy atom. The molecule has 0 aromatic carbocycles. The van der Waals surface area contributed by atoms with Gasteiger partial charge >= 0.3 is 12.2 Å². The van der Waals surface area contributed by atoms with Gasteiger partial charge in [-0.3, -0.25) is 9.59 Å². The van der Waals surface area contributed by atoms with E-state index in [0.717, 1.165) is 0 Å². The van der Waals surface area contributed by atoms with Gasteiger partial charge in [0.15, 0.2) is 0 Å². The van der Waals surface area contributed by atoms with Crippen molar-refractivity contribution < 1.29 is 28.7 Å². The molecule has 1 aliphatic heterocycles. The number of hydrogen-bond acceptors (Lipinski definition) is 6. The molecule has 0 unspecified atom stereocenters. The van der Waals surface area contributed by atoms with E-state index in [4.69, 9.17) is 9.47 Å². The first-order valence-electron chi connectivity index (χ1n) is 13.1. The van der Waals surface area contributed by atoms with Gasteiger partial charge in [0.2, 0.25) is 11.8 Å². The van der Waals surface area contributed by atoms with Gasteiger partial charge in [0.25, 0.3) is 0 Å². The van der Waals surface area contributed by atoms with E-state index in [1.54, 1.807) is 51.3 Å². The molecule has 208 valence electrons. The molecule has 1 aliphatic rings. The van der Waals surface area contributed by atoms with Gasteiger partial charge in [0, 0.05) is 26.2 Å². The van der Waals surface area contributed by atoms with Crippen molar-refractivity contribution in [3.05, 3.63) is 0 Å². The lowest BCUT2D eigenvalue weighted by Crippen LogP contribution is -2.60. The first-order chi connectivity index (χ1) is 16.5. The monoisotopic (exact) mass is 512 g/mol. The second-order valence-electron chi connectivity index (χ2n) is 11.7. The van der Waals surface area contributed by atoms with Crippen LogP contribution in [0, 0.1) is 11.8 Å². The number of alkyl carbamates (subject to hydrolysis) is 2. The second-order valence-corrected chi connectivity index (χ2v) is 11.7. The van der Waals surface area contributed by atoms with Crippen molar-refractivity contribution >= 4 is 24.0 Å². The number of amides is 4. The van der Waals surface area contributed by atoms with E-state index in [1.165, 1.54) is 0 Å². The standard InChI is InChI=1S/C26H48N4O6/c1-11-17(3)19(27-23(33)35-25(5,6)7)21(31)29-13-15-30(16-14-29)22(32)20(18(4)12-2)28-24(34)36-26(8,9)10/h17-20H,11-16H2,1-10H3,(H,27,33)(H,28,34)/t17-,18-,19-,20-/m0/s1. The van der Waals surface area contributed by atoms with Crippen molar-refractivity contribution in [3.63, 3.8) is 0 Å². The number of nitrogens with zero attached hydrogens (tertiary/aromatic N) is 2. The third-order valence-electron chi connectivity index (χ3n) is 6.21. The maximum Gasteiger partial charge on any atom is 0.408 e. The van der Waals surface area contributed by atoms with E-state index in [0.29, 0.717) is 39.0 Å². The van der Waals surface area contributed by atoms with E-state index >= 15 is 0 Å². The van der Waals surface area contributed by atoms with Gasteiger partial charge in [-0.15, -0.1) is 0 Å². The molecule has 0 aromatic rings. The Balaban J connectivity index is 2.85. The van der Waals surface area contributed by atoms with E-state index in [2.05, 4.69) is 10.6 Å². The molecule has 0 saturated carbocycles. The highest BCUT2D eigenvalue weighted by molar-refractivity contribution is 5.88. The minimum Gasteiger partial charge on any atom is -0.444 e. The van der Waals surface area contributed by atoms with Crippen molar-refractivity contribution in [1.82, 2.24) is 20.4 Å². The summed E-state index contributed by atoms with van der Waals surface area (Å²) in [5.74, 6) is -0.546. The Morgan fingerprint density at radius 2 is 0.944 bits per heavy atom. The average molecular weight is 513 g/mol. The van der Waals surface area contributed by atoms with Crippen LogP contribution in [-0.4, -0.2) is 83.3 Å². The highest BCUT2D eigenvalue weighted by Gasteiger charge is 2.36. The Bertz CT molecular complexity index is 701. The molecule has 10 nitrogen and oxygen atoms in total. The molecular weight excluding hydrogens is 464 g/mol. The third-order valence-corrected chi connectivity index (χ3v) is 6.21. The fraction of sp³-hybridized carbons (Fsp3) is 0.846. The second kappa shape index (κ2) is 13.1. The van der Waals surface area contributed by atoms with Crippen LogP contribution >= 0.6 is 0 Å². The number of ether oxygens (including phenoxy) is 2. The van der Waals surface area contributed by atoms with Crippen LogP contribution in [0.1, 0.15) is 82.1 Å². The molecule has 4 atom stereocenters. The lowest BCUT2D eigenvalue weighted by molar-refractivity contribution is -0.143. The first kappa shape index (κ1) is 31.5. The summed E-state index contributed by atoms with van der Waals surface area (Å²) >= 11 is 0. The summed E-state index contributed by atoms with van der Waals surface area (Å²) in [6.07, 6.45) is 0.161. The molecule has 1 heterocycles. The Morgan fingerprint density at radius 1 is 0.667 bits per heavy atom. The zero-order chi connectivity index (χ0) is 27.8. The SMILES string of the molecule is CC[C@H](C)[C@H](NC(=O)OC(C)(C)C)C(=O)N1CCN(C(=O)[C@@H](NC(=O)OC(C)(C)C)[C@@H](C)CC)CC1. The molecule has 1 saturated heterocycles. The zero-order valence-corrected chi connectivity index (χ0v) is 23.9. The lowest BCUT2D eigenvalue weighted by Gasteiger charge is -2.39. The van der Waals surface area contributed by atoms with Crippen molar-refractivity contribution in [2.45, 2.75) is 105 Å². The van der Waals surface area contributed by atoms with Crippen LogP contribution in [-0.2, 0) is 19.1 Å². The van der Waals surface area contributed by atoms with Crippen LogP contribution in [0.4, 0.5) is 9.59 Å². The molecule has 1 fully saturated rings. The van der Waals surface area contributed by atoms with Crippen LogP contribution in [0.25, 0.3) is 0 Å². The van der Waals surface area contributed by atoms with Gasteiger partial charge in [-0.25, -0.2) is 9.59 Å². The Labute approximate surface area is 216 Å². The number of nitrogens with one attached hydrogen (secondary N) is 2. The summed E-state index contributed by atoms with van der Waals surface area (Å²) in [7, 11) is 0. The maximum absolute atomic E-state index is 13.3. The summed E-state index contributed by atoms with van der Waals surface area (Å²) in [6, 6.07) is -1.43. The predicted octanol–water partition coefficient (Wildman–Crippen LogP) is 3.54. The van der Waals surface area contributed by atoms with Crippen molar-refractivity contribution in [2.75, 3.05) is 26.2 Å². The summed E-state index contributed by atoms with van der Waals surface area (Å²) in [6.45, 7) is 19.7. The predicted molar refractivity (Wildman–Crippen MR) is 138 cm³/mol. The fourth-order valence-electron chi connectivity index (χ4n) is 3.78. The van der Waals surface area contributed by atoms with Crippen molar-refractivity contribution in [2.24, 2.45) is 11.8 Å². The molecule has 0 spiro atoms. The van der Waals surface area contributed by atoms with Gasteiger partial charge in [-0.1, -0.05) is 40.5 Å². The summed E-state index contributed by atoms with van der Waals surface area (Å²) in [5.41, 5.74) is -1.34. The normalized spacial score (nSPS) is 17.9. The van der Waals surface area contributed by atoms with Gasteiger partial charge < -0.3 is 29.9 Å². The number of rotatable bonds is 8. The molecule has 4 amide bonds. The number of carbonyl (C=O) groups excluding carboxylic acids is 4. The minimum atomic E-state index is -0.714. The first-order valence-corrected chi connectivity index (χ1v) is 13.1. The maximum atomic E-state index is 13.3. The summed E-state index contributed by atoms with van der Waals surface area (Å²) in [4.78, 5) is 54.7. The zero-order valence-electron chi connectivity index (χ0n) is 23.9. The number of hydrogen-bond donors (Lipinski definition) is 2. The van der Waals surface area contributed by atoms with Crippen LogP contribution in [0.15, 0.2) is 0 Å². The Kier molecular flexibility index (Phi) is 11.5. The molecule has 0 bridgehead atoms. The molecule has 0 aromatic heterocycles. The smallest absolute Gasteiger partial charge is 0.408 e. The van der Waals surface area contributed by atoms with Crippen LogP contribution in [0.3, 0.4) is 0 Å². The van der Waals surface area contributed by atoms with Crippen LogP contribution in [0.2, 0.25) is 0 Å². The third kappa shape index (κ3) is 10.2. The largest absolute Gasteiger partial charge is 0.444 e. The molecule has 1 rings (SSSR count). The molecule has 2 N–H and O–H groups in total. The minimum absolute atomic E-state index is 0.0857. The van der Waals surface area contributed by atoms with Gasteiger partial charge in [-0.2, -0.15) is 0 Å². The number of piperazine rings is 1. The average Bonchev–Trinajstić information content (AvgIpc) is 2.76. The van der Waals surface area contributed by atoms with Gasteiger partial charge in [-0.05, 0) is 53.4 Å². The highest BCUT2D eigenvalue weighted by atomic mass is 16.6. The molecule has 0 radical (unpaired) electrons. The lowest BCUT2D eigenvalue weighted by atomic mass is 9.96. The highest BCUT2D eigenvalue weighted by Crippen LogP contribution is 2.17. The van der Waals surface area contributed by atoms with Gasteiger partial charge in [0.1, 0.15) is 23.3 Å². The van der Waals surface area contributed by atoms with E-state index in [1.807, 2.05) is 27.7 Å². The van der Waals surface area contributed by atoms with E-state index < -0.39 is 35.5 Å². The van der Waals surface area contributed by atoms with Crippen molar-refractivity contribution in [1.29, 1.82) is 0 Å². The van der Waals surface area contributed by atoms with E-state index in [9.17, 15) is 19.2 Å². The quantitative estimate of drug-likeness (QED) is 0.514. The molecule has 0 aliphatic carbocycles.